The van der Waals surface area contributed by atoms with Crippen LogP contribution in [0.2, 0.25) is 0 Å². The van der Waals surface area contributed by atoms with E-state index in [1.807, 2.05) is 0 Å². The lowest BCUT2D eigenvalue weighted by Crippen LogP contribution is -2.15. The van der Waals surface area contributed by atoms with Gasteiger partial charge in [-0.3, -0.25) is 9.78 Å². The second-order valence-corrected chi connectivity index (χ2v) is 9.49. The Bertz CT molecular complexity index is 1570. The van der Waals surface area contributed by atoms with Gasteiger partial charge in [0.1, 0.15) is 5.75 Å². The first-order valence-electron chi connectivity index (χ1n) is 10.1. The van der Waals surface area contributed by atoms with Gasteiger partial charge in [0.25, 0.3) is 5.91 Å². The number of carbonyl (C=O) groups is 1. The number of rotatable bonds is 6. The largest absolute Gasteiger partial charge is 0.497 e. The molecule has 0 saturated heterocycles. The van der Waals surface area contributed by atoms with Crippen LogP contribution in [0.15, 0.2) is 76.7 Å². The average Bonchev–Trinajstić information content (AvgIpc) is 2.83. The standard InChI is InChI=1S/C25H20N4O4S/c1-15-10-20-23(29-17-5-3-4-16(12-17)13-26)21(25(27)30)14-28-24(20)22(11-15)34(31,32)19-8-6-18(33-2)7-9-19/h3-12,14H,1-2H3,(H2,27,30)(H,28,29). The number of nitrogens with one attached hydrogen (secondary N) is 1. The number of carbonyl (C=O) groups excluding carboxylic acids is 1. The van der Waals surface area contributed by atoms with E-state index in [0.717, 1.165) is 0 Å². The highest BCUT2D eigenvalue weighted by Crippen LogP contribution is 2.35. The predicted molar refractivity (Wildman–Crippen MR) is 128 cm³/mol. The van der Waals surface area contributed by atoms with Gasteiger partial charge in [-0.25, -0.2) is 8.42 Å². The van der Waals surface area contributed by atoms with E-state index < -0.39 is 15.7 Å². The van der Waals surface area contributed by atoms with Gasteiger partial charge in [0.05, 0.1) is 45.3 Å². The molecular formula is C25H20N4O4S. The van der Waals surface area contributed by atoms with Crippen LogP contribution in [0.5, 0.6) is 5.75 Å². The van der Waals surface area contributed by atoms with Crippen LogP contribution in [0.3, 0.4) is 0 Å². The minimum atomic E-state index is -3.95. The number of nitriles is 1. The van der Waals surface area contributed by atoms with Gasteiger partial charge >= 0.3 is 0 Å². The van der Waals surface area contributed by atoms with Gasteiger partial charge in [-0.1, -0.05) is 6.07 Å². The van der Waals surface area contributed by atoms with Gasteiger partial charge in [0.15, 0.2) is 0 Å². The van der Waals surface area contributed by atoms with Crippen LogP contribution in [0.25, 0.3) is 10.9 Å². The van der Waals surface area contributed by atoms with Crippen LogP contribution in [-0.2, 0) is 9.84 Å². The number of amides is 1. The first-order valence-corrected chi connectivity index (χ1v) is 11.6. The summed E-state index contributed by atoms with van der Waals surface area (Å²) in [7, 11) is -2.45. The van der Waals surface area contributed by atoms with Gasteiger partial charge in [-0.2, -0.15) is 5.26 Å². The van der Waals surface area contributed by atoms with E-state index in [9.17, 15) is 18.5 Å². The van der Waals surface area contributed by atoms with E-state index in [1.165, 1.54) is 25.4 Å². The van der Waals surface area contributed by atoms with Crippen molar-refractivity contribution in [3.05, 3.63) is 83.6 Å². The Kier molecular flexibility index (Phi) is 5.92. The van der Waals surface area contributed by atoms with Crippen molar-refractivity contribution in [1.82, 2.24) is 4.98 Å². The van der Waals surface area contributed by atoms with Gasteiger partial charge in [0.2, 0.25) is 9.84 Å². The summed E-state index contributed by atoms with van der Waals surface area (Å²) in [5.41, 5.74) is 7.78. The number of benzene rings is 3. The zero-order chi connectivity index (χ0) is 24.5. The second-order valence-electron chi connectivity index (χ2n) is 7.57. The molecule has 0 saturated carbocycles. The smallest absolute Gasteiger partial charge is 0.252 e. The van der Waals surface area contributed by atoms with Crippen molar-refractivity contribution in [2.24, 2.45) is 5.73 Å². The fraction of sp³-hybridized carbons (Fsp3) is 0.0800. The van der Waals surface area contributed by atoms with Crippen molar-refractivity contribution in [3.63, 3.8) is 0 Å². The lowest BCUT2D eigenvalue weighted by molar-refractivity contribution is 0.100. The molecule has 0 aliphatic carbocycles. The van der Waals surface area contributed by atoms with E-state index in [0.29, 0.717) is 33.6 Å². The van der Waals surface area contributed by atoms with Gasteiger partial charge in [-0.05, 0) is 67.1 Å². The number of aryl methyl sites for hydroxylation is 1. The van der Waals surface area contributed by atoms with Crippen LogP contribution >= 0.6 is 0 Å². The van der Waals surface area contributed by atoms with Crippen molar-refractivity contribution >= 4 is 38.0 Å². The number of nitrogens with zero attached hydrogens (tertiary/aromatic N) is 2. The molecule has 4 rings (SSSR count). The number of aromatic nitrogens is 1. The Morgan fingerprint density at radius 2 is 1.85 bits per heavy atom. The van der Waals surface area contributed by atoms with Crippen molar-refractivity contribution in [3.8, 4) is 11.8 Å². The molecule has 0 spiro atoms. The Balaban J connectivity index is 1.96. The number of ether oxygens (including phenoxy) is 1. The molecule has 4 aromatic rings. The third-order valence-corrected chi connectivity index (χ3v) is 7.05. The highest BCUT2D eigenvalue weighted by atomic mass is 32.2. The molecule has 0 unspecified atom stereocenters. The maximum atomic E-state index is 13.5. The lowest BCUT2D eigenvalue weighted by Gasteiger charge is -2.16. The van der Waals surface area contributed by atoms with Crippen LogP contribution in [0, 0.1) is 18.3 Å². The molecule has 1 heterocycles. The number of nitrogens with two attached hydrogens (primary N) is 1. The third-order valence-electron chi connectivity index (χ3n) is 5.27. The number of hydrogen-bond donors (Lipinski definition) is 2. The van der Waals surface area contributed by atoms with Crippen molar-refractivity contribution in [2.45, 2.75) is 16.7 Å². The summed E-state index contributed by atoms with van der Waals surface area (Å²) in [6.45, 7) is 1.75. The SMILES string of the molecule is COc1ccc(S(=O)(=O)c2cc(C)cc3c(Nc4cccc(C#N)c4)c(C(N)=O)cnc23)cc1. The topological polar surface area (TPSA) is 135 Å². The summed E-state index contributed by atoms with van der Waals surface area (Å²) in [4.78, 5) is 16.6. The molecule has 3 N–H and O–H groups in total. The Morgan fingerprint density at radius 3 is 2.50 bits per heavy atom. The molecular weight excluding hydrogens is 452 g/mol. The van der Waals surface area contributed by atoms with E-state index in [4.69, 9.17) is 10.5 Å². The fourth-order valence-corrected chi connectivity index (χ4v) is 5.13. The first-order chi connectivity index (χ1) is 16.2. The molecule has 3 aromatic carbocycles. The Labute approximate surface area is 196 Å². The molecule has 34 heavy (non-hydrogen) atoms. The Morgan fingerprint density at radius 1 is 1.12 bits per heavy atom. The molecule has 0 atom stereocenters. The van der Waals surface area contributed by atoms with E-state index >= 15 is 0 Å². The Hall–Kier alpha value is -4.42. The van der Waals surface area contributed by atoms with Crippen LogP contribution < -0.4 is 15.8 Å². The zero-order valence-corrected chi connectivity index (χ0v) is 19.2. The van der Waals surface area contributed by atoms with Gasteiger partial charge < -0.3 is 15.8 Å². The molecule has 0 aliphatic rings. The number of fused-ring (bicyclic) bond motifs is 1. The molecule has 1 amide bonds. The number of primary amides is 1. The van der Waals surface area contributed by atoms with Gasteiger partial charge in [-0.15, -0.1) is 0 Å². The van der Waals surface area contributed by atoms with Gasteiger partial charge in [0, 0.05) is 17.3 Å². The van der Waals surface area contributed by atoms with Crippen LogP contribution in [0.4, 0.5) is 11.4 Å². The summed E-state index contributed by atoms with van der Waals surface area (Å²) in [6, 6.07) is 18.1. The fourth-order valence-electron chi connectivity index (χ4n) is 3.63. The van der Waals surface area contributed by atoms with E-state index in [1.54, 1.807) is 55.5 Å². The number of pyridine rings is 1. The minimum absolute atomic E-state index is 0.00230. The highest BCUT2D eigenvalue weighted by molar-refractivity contribution is 7.91. The summed E-state index contributed by atoms with van der Waals surface area (Å²) in [5, 5.41) is 12.7. The van der Waals surface area contributed by atoms with Crippen molar-refractivity contribution < 1.29 is 17.9 Å². The average molecular weight is 473 g/mol. The second kappa shape index (κ2) is 8.84. The summed E-state index contributed by atoms with van der Waals surface area (Å²) < 4.78 is 32.2. The molecule has 0 radical (unpaired) electrons. The lowest BCUT2D eigenvalue weighted by atomic mass is 10.1. The molecule has 0 fully saturated rings. The number of sulfone groups is 1. The van der Waals surface area contributed by atoms with E-state index in [-0.39, 0.29) is 20.9 Å². The number of anilines is 2. The summed E-state index contributed by atoms with van der Waals surface area (Å²) in [6.07, 6.45) is 1.25. The predicted octanol–water partition coefficient (Wildman–Crippen LogP) is 4.10. The van der Waals surface area contributed by atoms with Crippen LogP contribution in [0.1, 0.15) is 21.5 Å². The van der Waals surface area contributed by atoms with Crippen LogP contribution in [-0.4, -0.2) is 26.4 Å². The summed E-state index contributed by atoms with van der Waals surface area (Å²) in [5.74, 6) is -0.197. The molecule has 8 nitrogen and oxygen atoms in total. The maximum Gasteiger partial charge on any atom is 0.252 e. The number of hydrogen-bond acceptors (Lipinski definition) is 7. The van der Waals surface area contributed by atoms with Crippen molar-refractivity contribution in [1.29, 1.82) is 5.26 Å². The third kappa shape index (κ3) is 4.14. The minimum Gasteiger partial charge on any atom is -0.497 e. The molecule has 170 valence electrons. The highest BCUT2D eigenvalue weighted by Gasteiger charge is 2.24. The quantitative estimate of drug-likeness (QED) is 0.431. The molecule has 0 bridgehead atoms. The first kappa shape index (κ1) is 22.8. The summed E-state index contributed by atoms with van der Waals surface area (Å²) >= 11 is 0. The normalized spacial score (nSPS) is 11.1. The monoisotopic (exact) mass is 472 g/mol. The van der Waals surface area contributed by atoms with E-state index in [2.05, 4.69) is 16.4 Å². The van der Waals surface area contributed by atoms with Crippen molar-refractivity contribution in [2.75, 3.05) is 12.4 Å². The molecule has 0 aliphatic heterocycles. The molecule has 9 heteroatoms. The zero-order valence-electron chi connectivity index (χ0n) is 18.4. The molecule has 1 aromatic heterocycles. The number of methoxy groups -OCH3 is 1. The maximum absolute atomic E-state index is 13.5.